The summed E-state index contributed by atoms with van der Waals surface area (Å²) < 4.78 is 23.7. The lowest BCUT2D eigenvalue weighted by Crippen LogP contribution is -2.61. The Morgan fingerprint density at radius 1 is 1.09 bits per heavy atom. The third-order valence-corrected chi connectivity index (χ3v) is 7.11. The molecule has 5 rings (SSSR count). The molecule has 2 aromatic rings. The molecule has 0 amide bonds. The molecule has 0 bridgehead atoms. The molecule has 0 aromatic heterocycles. The van der Waals surface area contributed by atoms with Gasteiger partial charge in [-0.2, -0.15) is 0 Å². The maximum Gasteiger partial charge on any atom is 0.315 e. The Hall–Kier alpha value is -2.93. The maximum atomic E-state index is 13.6. The number of anilines is 1. The van der Waals surface area contributed by atoms with Gasteiger partial charge in [0.05, 0.1) is 6.61 Å². The van der Waals surface area contributed by atoms with E-state index in [0.717, 1.165) is 48.5 Å². The first kappa shape index (κ1) is 21.9. The minimum atomic E-state index is -0.839. The average molecular weight is 453 g/mol. The van der Waals surface area contributed by atoms with E-state index in [4.69, 9.17) is 18.9 Å². The minimum Gasteiger partial charge on any atom is -0.471 e. The number of benzene rings is 2. The van der Waals surface area contributed by atoms with Crippen molar-refractivity contribution in [3.8, 4) is 17.2 Å². The number of hydrogen-bond donors (Lipinski definition) is 0. The van der Waals surface area contributed by atoms with E-state index in [0.29, 0.717) is 18.1 Å². The first-order valence-corrected chi connectivity index (χ1v) is 11.7. The second kappa shape index (κ2) is 8.45. The first-order valence-electron chi connectivity index (χ1n) is 11.7. The van der Waals surface area contributed by atoms with Crippen LogP contribution in [0.3, 0.4) is 0 Å². The smallest absolute Gasteiger partial charge is 0.315 e. The highest BCUT2D eigenvalue weighted by molar-refractivity contribution is 5.78. The maximum absolute atomic E-state index is 13.6. The van der Waals surface area contributed by atoms with E-state index in [1.807, 2.05) is 40.1 Å². The molecule has 2 aromatic carbocycles. The summed E-state index contributed by atoms with van der Waals surface area (Å²) in [5.41, 5.74) is 2.24. The van der Waals surface area contributed by atoms with E-state index < -0.39 is 11.6 Å². The van der Waals surface area contributed by atoms with Crippen molar-refractivity contribution in [2.45, 2.75) is 38.3 Å². The fraction of sp³-hybridized carbons (Fsp3) is 0.500. The molecular formula is C26H32N2O5. The Balaban J connectivity index is 1.69. The molecule has 0 radical (unpaired) electrons. The summed E-state index contributed by atoms with van der Waals surface area (Å²) in [6, 6.07) is 12.3. The molecule has 3 atom stereocenters. The van der Waals surface area contributed by atoms with Crippen molar-refractivity contribution >= 4 is 11.7 Å². The number of nitrogens with zero attached hydrogens (tertiary/aromatic N) is 2. The molecule has 3 heterocycles. The number of hydrogen-bond acceptors (Lipinski definition) is 7. The highest BCUT2D eigenvalue weighted by atomic mass is 16.7. The summed E-state index contributed by atoms with van der Waals surface area (Å²) in [6.45, 7) is 6.17. The summed E-state index contributed by atoms with van der Waals surface area (Å²) in [7, 11) is 4.04. The van der Waals surface area contributed by atoms with Crippen molar-refractivity contribution in [3.05, 3.63) is 47.5 Å². The minimum absolute atomic E-state index is 0.186. The summed E-state index contributed by atoms with van der Waals surface area (Å²) in [4.78, 5) is 17.9. The van der Waals surface area contributed by atoms with Gasteiger partial charge in [0.15, 0.2) is 17.2 Å². The summed E-state index contributed by atoms with van der Waals surface area (Å²) in [5.74, 6) is 1.07. The van der Waals surface area contributed by atoms with Gasteiger partial charge in [-0.25, -0.2) is 0 Å². The number of carbonyl (C=O) groups excluding carboxylic acids is 1. The van der Waals surface area contributed by atoms with Gasteiger partial charge in [0.25, 0.3) is 0 Å². The lowest BCUT2D eigenvalue weighted by Gasteiger charge is -2.49. The van der Waals surface area contributed by atoms with Gasteiger partial charge in [-0.3, -0.25) is 9.69 Å². The molecule has 0 saturated carbocycles. The van der Waals surface area contributed by atoms with Crippen molar-refractivity contribution in [2.75, 3.05) is 45.5 Å². The third-order valence-electron chi connectivity index (χ3n) is 7.11. The van der Waals surface area contributed by atoms with Gasteiger partial charge in [0.2, 0.25) is 6.79 Å². The van der Waals surface area contributed by atoms with Crippen molar-refractivity contribution in [3.63, 3.8) is 0 Å². The topological polar surface area (TPSA) is 60.5 Å². The standard InChI is InChI=1S/C26H32N2O5/c1-5-30-25(29)24-23(17-8-10-18(11-9-17)27(3)4)19-14-21-22(32-16-31-21)15-20(19)33-26(24,2)28-12-6-7-13-28/h8-11,14-15,23-24H,5-7,12-13,16H2,1-4H3/t23-,24+,26+/m1/s1. The molecule has 7 heteroatoms. The third kappa shape index (κ3) is 3.68. The zero-order valence-electron chi connectivity index (χ0n) is 19.8. The predicted molar refractivity (Wildman–Crippen MR) is 125 cm³/mol. The fourth-order valence-corrected chi connectivity index (χ4v) is 5.41. The van der Waals surface area contributed by atoms with E-state index in [1.165, 1.54) is 0 Å². The Morgan fingerprint density at radius 3 is 2.39 bits per heavy atom. The van der Waals surface area contributed by atoms with Crippen molar-refractivity contribution in [1.82, 2.24) is 4.90 Å². The van der Waals surface area contributed by atoms with Crippen LogP contribution in [0.2, 0.25) is 0 Å². The normalized spacial score (nSPS) is 25.9. The molecule has 0 aliphatic carbocycles. The van der Waals surface area contributed by atoms with Crippen LogP contribution in [0, 0.1) is 5.92 Å². The number of esters is 1. The van der Waals surface area contributed by atoms with E-state index in [2.05, 4.69) is 34.1 Å². The van der Waals surface area contributed by atoms with E-state index >= 15 is 0 Å². The van der Waals surface area contributed by atoms with Gasteiger partial charge in [0, 0.05) is 50.4 Å². The number of carbonyl (C=O) groups is 1. The van der Waals surface area contributed by atoms with Gasteiger partial charge in [-0.15, -0.1) is 0 Å². The Morgan fingerprint density at radius 2 is 1.76 bits per heavy atom. The van der Waals surface area contributed by atoms with Crippen LogP contribution in [0.1, 0.15) is 43.7 Å². The van der Waals surface area contributed by atoms with Gasteiger partial charge in [-0.1, -0.05) is 12.1 Å². The summed E-state index contributed by atoms with van der Waals surface area (Å²) in [5, 5.41) is 0. The molecule has 176 valence electrons. The van der Waals surface area contributed by atoms with Crippen LogP contribution >= 0.6 is 0 Å². The number of likely N-dealkylation sites (tertiary alicyclic amines) is 1. The number of ether oxygens (including phenoxy) is 4. The molecule has 1 fully saturated rings. The quantitative estimate of drug-likeness (QED) is 0.636. The lowest BCUT2D eigenvalue weighted by molar-refractivity contribution is -0.174. The predicted octanol–water partition coefficient (Wildman–Crippen LogP) is 4.00. The van der Waals surface area contributed by atoms with Crippen molar-refractivity contribution < 1.29 is 23.7 Å². The van der Waals surface area contributed by atoms with E-state index in [1.54, 1.807) is 0 Å². The van der Waals surface area contributed by atoms with Gasteiger partial charge in [-0.05, 0) is 50.5 Å². The average Bonchev–Trinajstić information content (AvgIpc) is 3.49. The Bertz CT molecular complexity index is 1030. The SMILES string of the molecule is CCOC(=O)[C@@H]1[C@H](c2ccc(N(C)C)cc2)c2cc3c(cc2O[C@]1(C)N1CCCC1)OCO3. The molecule has 1 saturated heterocycles. The monoisotopic (exact) mass is 452 g/mol. The highest BCUT2D eigenvalue weighted by Gasteiger charge is 2.56. The lowest BCUT2D eigenvalue weighted by atomic mass is 9.72. The van der Waals surface area contributed by atoms with Gasteiger partial charge < -0.3 is 23.8 Å². The van der Waals surface area contributed by atoms with Crippen LogP contribution in [0.15, 0.2) is 36.4 Å². The second-order valence-corrected chi connectivity index (χ2v) is 9.29. The van der Waals surface area contributed by atoms with Gasteiger partial charge in [0.1, 0.15) is 11.7 Å². The highest BCUT2D eigenvalue weighted by Crippen LogP contribution is 2.53. The van der Waals surface area contributed by atoms with Gasteiger partial charge >= 0.3 is 5.97 Å². The Labute approximate surface area is 195 Å². The van der Waals surface area contributed by atoms with Crippen molar-refractivity contribution in [2.24, 2.45) is 5.92 Å². The number of rotatable bonds is 5. The molecule has 33 heavy (non-hydrogen) atoms. The van der Waals surface area contributed by atoms with Crippen LogP contribution < -0.4 is 19.1 Å². The molecular weight excluding hydrogens is 420 g/mol. The molecule has 0 unspecified atom stereocenters. The first-order chi connectivity index (χ1) is 15.9. The molecule has 0 N–H and O–H groups in total. The summed E-state index contributed by atoms with van der Waals surface area (Å²) in [6.07, 6.45) is 2.18. The fourth-order valence-electron chi connectivity index (χ4n) is 5.41. The van der Waals surface area contributed by atoms with Crippen LogP contribution in [0.25, 0.3) is 0 Å². The van der Waals surface area contributed by atoms with Crippen LogP contribution in [0.5, 0.6) is 17.2 Å². The molecule has 7 nitrogen and oxygen atoms in total. The summed E-state index contributed by atoms with van der Waals surface area (Å²) >= 11 is 0. The van der Waals surface area contributed by atoms with Crippen LogP contribution in [-0.2, 0) is 9.53 Å². The van der Waals surface area contributed by atoms with E-state index in [-0.39, 0.29) is 18.7 Å². The van der Waals surface area contributed by atoms with Crippen molar-refractivity contribution in [1.29, 1.82) is 0 Å². The zero-order valence-corrected chi connectivity index (χ0v) is 19.8. The van der Waals surface area contributed by atoms with Crippen LogP contribution in [0.4, 0.5) is 5.69 Å². The van der Waals surface area contributed by atoms with Crippen LogP contribution in [-0.4, -0.2) is 57.2 Å². The zero-order chi connectivity index (χ0) is 23.2. The number of fused-ring (bicyclic) bond motifs is 2. The van der Waals surface area contributed by atoms with E-state index in [9.17, 15) is 4.79 Å². The molecule has 3 aliphatic heterocycles. The molecule has 3 aliphatic rings. The second-order valence-electron chi connectivity index (χ2n) is 9.29. The Kier molecular flexibility index (Phi) is 5.60. The molecule has 0 spiro atoms. The largest absolute Gasteiger partial charge is 0.471 e.